The smallest absolute Gasteiger partial charge is 0.275 e. The molecule has 0 fully saturated rings. The Balaban J connectivity index is 2.05. The Hall–Kier alpha value is -2.37. The molecule has 0 N–H and O–H groups in total. The lowest BCUT2D eigenvalue weighted by Gasteiger charge is -2.29. The topological polar surface area (TPSA) is 60.1 Å². The average molecular weight is 286 g/mol. The molecule has 2 aromatic rings. The van der Waals surface area contributed by atoms with Crippen LogP contribution in [0.25, 0.3) is 5.69 Å². The molecule has 110 valence electrons. The van der Waals surface area contributed by atoms with Crippen molar-refractivity contribution in [2.45, 2.75) is 26.8 Å². The minimum atomic E-state index is -0.144. The normalized spacial score (nSPS) is 14.4. The van der Waals surface area contributed by atoms with Gasteiger partial charge in [0, 0.05) is 25.8 Å². The quantitative estimate of drug-likeness (QED) is 0.852. The van der Waals surface area contributed by atoms with Crippen LogP contribution in [0, 0.1) is 6.92 Å². The van der Waals surface area contributed by atoms with Gasteiger partial charge in [0.15, 0.2) is 0 Å². The molecule has 1 amide bonds. The first-order chi connectivity index (χ1) is 10.1. The molecule has 3 rings (SSSR count). The second-order valence-corrected chi connectivity index (χ2v) is 5.28. The predicted octanol–water partition coefficient (Wildman–Crippen LogP) is 1.21. The van der Waals surface area contributed by atoms with E-state index in [-0.39, 0.29) is 11.5 Å². The van der Waals surface area contributed by atoms with Crippen LogP contribution in [0.1, 0.15) is 29.5 Å². The van der Waals surface area contributed by atoms with Crippen LogP contribution in [0.15, 0.2) is 29.5 Å². The van der Waals surface area contributed by atoms with Gasteiger partial charge in [-0.05, 0) is 25.5 Å². The number of aryl methyl sites for hydroxylation is 1. The molecular weight excluding hydrogens is 268 g/mol. The Morgan fingerprint density at radius 1 is 1.24 bits per heavy atom. The van der Waals surface area contributed by atoms with Crippen LogP contribution in [-0.2, 0) is 6.54 Å². The van der Waals surface area contributed by atoms with Gasteiger partial charge >= 0.3 is 0 Å². The molecule has 0 saturated carbocycles. The van der Waals surface area contributed by atoms with E-state index in [1.165, 1.54) is 0 Å². The van der Waals surface area contributed by atoms with Gasteiger partial charge in [-0.25, -0.2) is 4.98 Å². The summed E-state index contributed by atoms with van der Waals surface area (Å²) in [5.41, 5.74) is 1.70. The van der Waals surface area contributed by atoms with Crippen LogP contribution in [-0.4, -0.2) is 38.0 Å². The maximum absolute atomic E-state index is 12.6. The molecule has 0 atom stereocenters. The van der Waals surface area contributed by atoms with Gasteiger partial charge in [0.25, 0.3) is 11.5 Å². The van der Waals surface area contributed by atoms with E-state index in [1.54, 1.807) is 38.7 Å². The highest BCUT2D eigenvalue weighted by Gasteiger charge is 2.25. The minimum absolute atomic E-state index is 0.0615. The monoisotopic (exact) mass is 286 g/mol. The van der Waals surface area contributed by atoms with Crippen molar-refractivity contribution >= 4 is 5.91 Å². The maximum Gasteiger partial charge on any atom is 0.275 e. The predicted molar refractivity (Wildman–Crippen MR) is 78.8 cm³/mol. The molecule has 3 heterocycles. The molecule has 0 aromatic carbocycles. The lowest BCUT2D eigenvalue weighted by molar-refractivity contribution is 0.0700. The molecule has 2 aromatic heterocycles. The number of rotatable bonds is 3. The van der Waals surface area contributed by atoms with Crippen LogP contribution in [0.2, 0.25) is 0 Å². The second kappa shape index (κ2) is 5.20. The van der Waals surface area contributed by atoms with Gasteiger partial charge in [-0.3, -0.25) is 9.59 Å². The first kappa shape index (κ1) is 13.6. The van der Waals surface area contributed by atoms with Crippen molar-refractivity contribution in [3.8, 4) is 5.69 Å². The number of carbonyl (C=O) groups excluding carboxylic acids is 1. The maximum atomic E-state index is 12.6. The molecule has 21 heavy (non-hydrogen) atoms. The summed E-state index contributed by atoms with van der Waals surface area (Å²) in [4.78, 5) is 30.9. The summed E-state index contributed by atoms with van der Waals surface area (Å²) in [6.07, 6.45) is 4.34. The number of pyridine rings is 1. The fourth-order valence-electron chi connectivity index (χ4n) is 2.69. The lowest BCUT2D eigenvalue weighted by Crippen LogP contribution is -2.45. The molecule has 1 aliphatic heterocycles. The van der Waals surface area contributed by atoms with Gasteiger partial charge in [0.05, 0.1) is 12.0 Å². The summed E-state index contributed by atoms with van der Waals surface area (Å²) in [6.45, 7) is 5.78. The van der Waals surface area contributed by atoms with Crippen LogP contribution in [0.5, 0.6) is 0 Å². The van der Waals surface area contributed by atoms with E-state index in [0.717, 1.165) is 18.7 Å². The molecule has 1 aliphatic rings. The van der Waals surface area contributed by atoms with Crippen molar-refractivity contribution in [3.05, 3.63) is 46.4 Å². The van der Waals surface area contributed by atoms with Gasteiger partial charge in [-0.1, -0.05) is 6.92 Å². The standard InChI is InChI=1S/C15H18N4O2/c1-3-6-17-7-8-19-13(14(17)20)5-4-12(15(19)21)18-9-11(2)16-10-18/h4-5,9-10H,3,6-8H2,1-2H3. The number of aromatic nitrogens is 3. The lowest BCUT2D eigenvalue weighted by atomic mass is 10.2. The largest absolute Gasteiger partial charge is 0.336 e. The number of fused-ring (bicyclic) bond motifs is 1. The van der Waals surface area contributed by atoms with Crippen LogP contribution in [0.4, 0.5) is 0 Å². The molecule has 0 spiro atoms. The molecule has 0 bridgehead atoms. The zero-order chi connectivity index (χ0) is 15.0. The van der Waals surface area contributed by atoms with Crippen LogP contribution >= 0.6 is 0 Å². The first-order valence-electron chi connectivity index (χ1n) is 7.16. The van der Waals surface area contributed by atoms with Crippen molar-refractivity contribution in [3.63, 3.8) is 0 Å². The molecule has 0 saturated heterocycles. The molecule has 6 heteroatoms. The van der Waals surface area contributed by atoms with Crippen LogP contribution < -0.4 is 5.56 Å². The second-order valence-electron chi connectivity index (χ2n) is 5.28. The third kappa shape index (κ3) is 2.26. The van der Waals surface area contributed by atoms with E-state index in [9.17, 15) is 9.59 Å². The Morgan fingerprint density at radius 2 is 2.05 bits per heavy atom. The van der Waals surface area contributed by atoms with E-state index >= 15 is 0 Å². The highest BCUT2D eigenvalue weighted by molar-refractivity contribution is 5.93. The first-order valence-corrected chi connectivity index (χ1v) is 7.16. The van der Waals surface area contributed by atoms with Crippen LogP contribution in [0.3, 0.4) is 0 Å². The van der Waals surface area contributed by atoms with Crippen molar-refractivity contribution < 1.29 is 4.79 Å². The summed E-state index contributed by atoms with van der Waals surface area (Å²) in [7, 11) is 0. The molecule has 0 unspecified atom stereocenters. The highest BCUT2D eigenvalue weighted by Crippen LogP contribution is 2.13. The highest BCUT2D eigenvalue weighted by atomic mass is 16.2. The van der Waals surface area contributed by atoms with Crippen molar-refractivity contribution in [2.75, 3.05) is 13.1 Å². The third-order valence-corrected chi connectivity index (χ3v) is 3.74. The zero-order valence-electron chi connectivity index (χ0n) is 12.2. The number of amides is 1. The average Bonchev–Trinajstić information content (AvgIpc) is 2.89. The fraction of sp³-hybridized carbons (Fsp3) is 0.400. The van der Waals surface area contributed by atoms with Crippen molar-refractivity contribution in [2.24, 2.45) is 0 Å². The number of hydrogen-bond donors (Lipinski definition) is 0. The third-order valence-electron chi connectivity index (χ3n) is 3.74. The SMILES string of the molecule is CCCN1CCn2c(ccc(-n3cnc(C)c3)c2=O)C1=O. The molecule has 0 aliphatic carbocycles. The Bertz CT molecular complexity index is 744. The number of imidazole rings is 1. The molecular formula is C15H18N4O2. The summed E-state index contributed by atoms with van der Waals surface area (Å²) in [5.74, 6) is -0.0615. The van der Waals surface area contributed by atoms with E-state index < -0.39 is 0 Å². The van der Waals surface area contributed by atoms with E-state index in [0.29, 0.717) is 24.5 Å². The zero-order valence-corrected chi connectivity index (χ0v) is 12.2. The minimum Gasteiger partial charge on any atom is -0.336 e. The summed E-state index contributed by atoms with van der Waals surface area (Å²) < 4.78 is 3.27. The van der Waals surface area contributed by atoms with Gasteiger partial charge in [-0.15, -0.1) is 0 Å². The Kier molecular flexibility index (Phi) is 3.37. The van der Waals surface area contributed by atoms with Gasteiger partial charge in [-0.2, -0.15) is 0 Å². The van der Waals surface area contributed by atoms with Crippen molar-refractivity contribution in [1.82, 2.24) is 19.0 Å². The number of nitrogens with zero attached hydrogens (tertiary/aromatic N) is 4. The van der Waals surface area contributed by atoms with Gasteiger partial charge in [0.2, 0.25) is 0 Å². The fourth-order valence-corrected chi connectivity index (χ4v) is 2.69. The Morgan fingerprint density at radius 3 is 2.71 bits per heavy atom. The summed E-state index contributed by atoms with van der Waals surface area (Å²) in [5, 5.41) is 0. The molecule has 0 radical (unpaired) electrons. The molecule has 6 nitrogen and oxygen atoms in total. The van der Waals surface area contributed by atoms with E-state index in [1.807, 2.05) is 13.8 Å². The van der Waals surface area contributed by atoms with Gasteiger partial charge < -0.3 is 14.0 Å². The summed E-state index contributed by atoms with van der Waals surface area (Å²) >= 11 is 0. The van der Waals surface area contributed by atoms with Crippen molar-refractivity contribution in [1.29, 1.82) is 0 Å². The Labute approximate surface area is 122 Å². The van der Waals surface area contributed by atoms with E-state index in [2.05, 4.69) is 4.98 Å². The number of hydrogen-bond acceptors (Lipinski definition) is 3. The van der Waals surface area contributed by atoms with E-state index in [4.69, 9.17) is 0 Å². The number of carbonyl (C=O) groups is 1. The van der Waals surface area contributed by atoms with Gasteiger partial charge in [0.1, 0.15) is 11.4 Å². The summed E-state index contributed by atoms with van der Waals surface area (Å²) in [6, 6.07) is 3.43.